The van der Waals surface area contributed by atoms with E-state index in [2.05, 4.69) is 13.8 Å². The summed E-state index contributed by atoms with van der Waals surface area (Å²) in [5.74, 6) is 0.826. The van der Waals surface area contributed by atoms with Crippen LogP contribution in [0.15, 0.2) is 24.3 Å². The van der Waals surface area contributed by atoms with E-state index in [-0.39, 0.29) is 23.9 Å². The van der Waals surface area contributed by atoms with E-state index in [1.54, 1.807) is 0 Å². The Morgan fingerprint density at radius 1 is 1.32 bits per heavy atom. The van der Waals surface area contributed by atoms with Crippen LogP contribution >= 0.6 is 11.6 Å². The predicted molar refractivity (Wildman–Crippen MR) is 92.0 cm³/mol. The molecule has 3 nitrogen and oxygen atoms in total. The van der Waals surface area contributed by atoms with Gasteiger partial charge in [-0.2, -0.15) is 0 Å². The Hall–Kier alpha value is -1.06. The molecule has 0 bridgehead atoms. The molecular formula is C18H27ClN2O. The summed E-state index contributed by atoms with van der Waals surface area (Å²) in [6, 6.07) is 8.22. The first-order valence-electron chi connectivity index (χ1n) is 8.17. The number of nitrogens with zero attached hydrogens (tertiary/aromatic N) is 1. The van der Waals surface area contributed by atoms with Gasteiger partial charge in [0.15, 0.2) is 0 Å². The third kappa shape index (κ3) is 4.02. The van der Waals surface area contributed by atoms with E-state index < -0.39 is 0 Å². The van der Waals surface area contributed by atoms with Gasteiger partial charge in [-0.15, -0.1) is 0 Å². The maximum absolute atomic E-state index is 12.5. The first-order valence-corrected chi connectivity index (χ1v) is 8.54. The molecule has 1 saturated carbocycles. The zero-order chi connectivity index (χ0) is 16.3. The van der Waals surface area contributed by atoms with Gasteiger partial charge in [-0.05, 0) is 43.4 Å². The highest BCUT2D eigenvalue weighted by atomic mass is 35.5. The molecule has 0 aromatic heterocycles. The molecule has 2 unspecified atom stereocenters. The second-order valence-electron chi connectivity index (χ2n) is 6.64. The molecule has 1 fully saturated rings. The Morgan fingerprint density at radius 3 is 2.50 bits per heavy atom. The summed E-state index contributed by atoms with van der Waals surface area (Å²) < 4.78 is 0. The lowest BCUT2D eigenvalue weighted by atomic mass is 9.92. The van der Waals surface area contributed by atoms with Crippen molar-refractivity contribution in [2.45, 2.75) is 57.5 Å². The van der Waals surface area contributed by atoms with Crippen molar-refractivity contribution >= 4 is 17.5 Å². The molecule has 0 radical (unpaired) electrons. The summed E-state index contributed by atoms with van der Waals surface area (Å²) in [6.45, 7) is 4.25. The van der Waals surface area contributed by atoms with E-state index in [4.69, 9.17) is 17.3 Å². The van der Waals surface area contributed by atoms with Crippen LogP contribution in [0.3, 0.4) is 0 Å². The lowest BCUT2D eigenvalue weighted by Gasteiger charge is -2.31. The molecule has 1 aromatic carbocycles. The summed E-state index contributed by atoms with van der Waals surface area (Å²) in [5.41, 5.74) is 7.29. The van der Waals surface area contributed by atoms with Crippen LogP contribution in [0.2, 0.25) is 5.02 Å². The molecule has 1 aliphatic rings. The van der Waals surface area contributed by atoms with E-state index in [9.17, 15) is 4.79 Å². The number of carbonyl (C=O) groups excluding carboxylic acids is 1. The van der Waals surface area contributed by atoms with Crippen LogP contribution in [-0.2, 0) is 4.79 Å². The molecule has 1 amide bonds. The number of rotatable bonds is 5. The van der Waals surface area contributed by atoms with Crippen LogP contribution < -0.4 is 5.73 Å². The van der Waals surface area contributed by atoms with Crippen LogP contribution in [0.1, 0.15) is 51.0 Å². The summed E-state index contributed by atoms with van der Waals surface area (Å²) in [7, 11) is 1.90. The van der Waals surface area contributed by atoms with Gasteiger partial charge in [0.05, 0.1) is 0 Å². The fraction of sp³-hybridized carbons (Fsp3) is 0.611. The van der Waals surface area contributed by atoms with Crippen molar-refractivity contribution < 1.29 is 4.79 Å². The van der Waals surface area contributed by atoms with E-state index in [0.717, 1.165) is 24.3 Å². The van der Waals surface area contributed by atoms with Crippen molar-refractivity contribution in [1.82, 2.24) is 4.90 Å². The highest BCUT2D eigenvalue weighted by molar-refractivity contribution is 6.30. The van der Waals surface area contributed by atoms with Crippen LogP contribution in [0, 0.1) is 5.92 Å². The number of hydrogen-bond donors (Lipinski definition) is 1. The zero-order valence-electron chi connectivity index (χ0n) is 13.8. The molecule has 22 heavy (non-hydrogen) atoms. The fourth-order valence-corrected chi connectivity index (χ4v) is 3.42. The topological polar surface area (TPSA) is 46.3 Å². The van der Waals surface area contributed by atoms with E-state index in [1.807, 2.05) is 36.2 Å². The van der Waals surface area contributed by atoms with Gasteiger partial charge in [0, 0.05) is 36.5 Å². The minimum absolute atomic E-state index is 0.145. The van der Waals surface area contributed by atoms with Crippen LogP contribution in [-0.4, -0.2) is 29.9 Å². The van der Waals surface area contributed by atoms with Crippen molar-refractivity contribution in [2.24, 2.45) is 11.7 Å². The maximum Gasteiger partial charge on any atom is 0.222 e. The van der Waals surface area contributed by atoms with E-state index in [0.29, 0.717) is 12.3 Å². The van der Waals surface area contributed by atoms with Gasteiger partial charge in [-0.1, -0.05) is 37.1 Å². The Bertz CT molecular complexity index is 502. The van der Waals surface area contributed by atoms with Gasteiger partial charge >= 0.3 is 0 Å². The molecule has 0 heterocycles. The first-order chi connectivity index (χ1) is 10.4. The Morgan fingerprint density at radius 2 is 1.95 bits per heavy atom. The minimum Gasteiger partial charge on any atom is -0.342 e. The van der Waals surface area contributed by atoms with E-state index in [1.165, 1.54) is 5.56 Å². The monoisotopic (exact) mass is 322 g/mol. The normalized spacial score (nSPS) is 24.0. The Labute approximate surface area is 138 Å². The van der Waals surface area contributed by atoms with Gasteiger partial charge in [-0.25, -0.2) is 0 Å². The quantitative estimate of drug-likeness (QED) is 0.896. The number of benzene rings is 1. The second-order valence-corrected chi connectivity index (χ2v) is 7.08. The van der Waals surface area contributed by atoms with Crippen molar-refractivity contribution in [3.8, 4) is 0 Å². The lowest BCUT2D eigenvalue weighted by molar-refractivity contribution is -0.133. The first kappa shape index (κ1) is 17.3. The summed E-state index contributed by atoms with van der Waals surface area (Å²) in [6.07, 6.45) is 3.87. The lowest BCUT2D eigenvalue weighted by Crippen LogP contribution is -2.40. The smallest absolute Gasteiger partial charge is 0.222 e. The second kappa shape index (κ2) is 7.47. The Balaban J connectivity index is 1.96. The molecule has 4 atom stereocenters. The Kier molecular flexibility index (Phi) is 5.87. The highest BCUT2D eigenvalue weighted by Crippen LogP contribution is 2.29. The standard InChI is InChI=1S/C18H27ClN2O/c1-12(14-7-9-16(19)10-8-14)13(2)21(3)18(22)11-15-5-4-6-17(15)20/h7-10,12-13,15,17H,4-6,11,20H2,1-3H3/t12?,13?,15-,17+/m0/s1. The number of likely N-dealkylation sites (N-methyl/N-ethyl adjacent to an activating group) is 1. The third-order valence-corrected chi connectivity index (χ3v) is 5.53. The van der Waals surface area contributed by atoms with Crippen LogP contribution in [0.5, 0.6) is 0 Å². The average molecular weight is 323 g/mol. The van der Waals surface area contributed by atoms with Crippen molar-refractivity contribution in [3.63, 3.8) is 0 Å². The fourth-order valence-electron chi connectivity index (χ4n) is 3.29. The van der Waals surface area contributed by atoms with Crippen LogP contribution in [0.25, 0.3) is 0 Å². The van der Waals surface area contributed by atoms with Crippen molar-refractivity contribution in [3.05, 3.63) is 34.9 Å². The van der Waals surface area contributed by atoms with Crippen molar-refractivity contribution in [1.29, 1.82) is 0 Å². The SMILES string of the molecule is CC(c1ccc(Cl)cc1)C(C)N(C)C(=O)C[C@@H]1CCC[C@H]1N. The number of amides is 1. The summed E-state index contributed by atoms with van der Waals surface area (Å²) in [4.78, 5) is 14.4. The van der Waals surface area contributed by atoms with Gasteiger partial charge < -0.3 is 10.6 Å². The average Bonchev–Trinajstić information content (AvgIpc) is 2.91. The molecule has 2 rings (SSSR count). The van der Waals surface area contributed by atoms with Crippen LogP contribution in [0.4, 0.5) is 0 Å². The number of nitrogens with two attached hydrogens (primary N) is 1. The van der Waals surface area contributed by atoms with Gasteiger partial charge in [0.25, 0.3) is 0 Å². The molecule has 1 aliphatic carbocycles. The third-order valence-electron chi connectivity index (χ3n) is 5.28. The molecule has 0 aliphatic heterocycles. The predicted octanol–water partition coefficient (Wildman–Crippen LogP) is 3.81. The molecule has 122 valence electrons. The molecule has 0 spiro atoms. The number of hydrogen-bond acceptors (Lipinski definition) is 2. The van der Waals surface area contributed by atoms with Crippen molar-refractivity contribution in [2.75, 3.05) is 7.05 Å². The molecule has 4 heteroatoms. The summed E-state index contributed by atoms with van der Waals surface area (Å²) in [5, 5.41) is 0.739. The molecule has 0 saturated heterocycles. The molecule has 2 N–H and O–H groups in total. The van der Waals surface area contributed by atoms with Gasteiger partial charge in [0.1, 0.15) is 0 Å². The van der Waals surface area contributed by atoms with Gasteiger partial charge in [-0.3, -0.25) is 4.79 Å². The highest BCUT2D eigenvalue weighted by Gasteiger charge is 2.29. The minimum atomic E-state index is 0.145. The molecular weight excluding hydrogens is 296 g/mol. The summed E-state index contributed by atoms with van der Waals surface area (Å²) >= 11 is 5.94. The number of carbonyl (C=O) groups is 1. The zero-order valence-corrected chi connectivity index (χ0v) is 14.5. The molecule has 1 aromatic rings. The maximum atomic E-state index is 12.5. The largest absolute Gasteiger partial charge is 0.342 e. The number of halogens is 1. The van der Waals surface area contributed by atoms with Gasteiger partial charge in [0.2, 0.25) is 5.91 Å². The van der Waals surface area contributed by atoms with E-state index >= 15 is 0 Å².